The van der Waals surface area contributed by atoms with Crippen LogP contribution in [0.4, 0.5) is 11.5 Å². The summed E-state index contributed by atoms with van der Waals surface area (Å²) in [6, 6.07) is 16.9. The van der Waals surface area contributed by atoms with E-state index in [4.69, 9.17) is 14.5 Å². The number of rotatable bonds is 12. The van der Waals surface area contributed by atoms with Gasteiger partial charge in [-0.2, -0.15) is 0 Å². The molecule has 6 rings (SSSR count). The smallest absolute Gasteiger partial charge is 0.304 e. The third-order valence-electron chi connectivity index (χ3n) is 9.27. The van der Waals surface area contributed by atoms with Crippen LogP contribution < -0.4 is 10.1 Å². The molecule has 0 amide bonds. The first-order chi connectivity index (χ1) is 22.4. The van der Waals surface area contributed by atoms with Gasteiger partial charge in [-0.1, -0.05) is 30.7 Å². The largest absolute Gasteiger partial charge is 0.493 e. The van der Waals surface area contributed by atoms with Gasteiger partial charge in [0, 0.05) is 55.7 Å². The molecule has 2 N–H and O–H groups in total. The van der Waals surface area contributed by atoms with Crippen LogP contribution in [0.25, 0.3) is 22.0 Å². The van der Waals surface area contributed by atoms with Crippen LogP contribution in [0, 0.1) is 13.8 Å². The highest BCUT2D eigenvalue weighted by Gasteiger charge is 2.25. The number of ether oxygens (including phenoxy) is 2. The second-order valence-electron chi connectivity index (χ2n) is 12.5. The number of fused-ring (bicyclic) bond motifs is 1. The Hall–Kier alpha value is -4.05. The van der Waals surface area contributed by atoms with Gasteiger partial charge >= 0.3 is 5.97 Å². The van der Waals surface area contributed by atoms with Crippen molar-refractivity contribution in [3.63, 3.8) is 0 Å². The maximum atomic E-state index is 11.4. The average molecular weight is 624 g/mol. The van der Waals surface area contributed by atoms with Crippen molar-refractivity contribution in [1.29, 1.82) is 0 Å². The van der Waals surface area contributed by atoms with E-state index in [2.05, 4.69) is 76.4 Å². The summed E-state index contributed by atoms with van der Waals surface area (Å²) in [5, 5.41) is 13.9. The maximum Gasteiger partial charge on any atom is 0.304 e. The minimum atomic E-state index is -0.735. The average Bonchev–Trinajstić information content (AvgIpc) is 3.06. The van der Waals surface area contributed by atoms with Crippen LogP contribution >= 0.6 is 0 Å². The number of aliphatic carboxylic acids is 1. The molecule has 2 saturated heterocycles. The van der Waals surface area contributed by atoms with E-state index in [0.717, 1.165) is 115 Å². The molecule has 9 heteroatoms. The number of piperidine rings is 1. The lowest BCUT2D eigenvalue weighted by atomic mass is 9.97. The maximum absolute atomic E-state index is 11.4. The Kier molecular flexibility index (Phi) is 10.4. The van der Waals surface area contributed by atoms with Gasteiger partial charge in [0.1, 0.15) is 11.3 Å². The van der Waals surface area contributed by atoms with Crippen LogP contribution in [0.15, 0.2) is 60.9 Å². The molecule has 2 aliphatic rings. The Morgan fingerprint density at radius 2 is 1.93 bits per heavy atom. The van der Waals surface area contributed by atoms with Gasteiger partial charge in [0.15, 0.2) is 5.82 Å². The van der Waals surface area contributed by atoms with Gasteiger partial charge in [0.2, 0.25) is 0 Å². The summed E-state index contributed by atoms with van der Waals surface area (Å²) in [4.78, 5) is 25.6. The summed E-state index contributed by atoms with van der Waals surface area (Å²) in [7, 11) is 0. The molecule has 0 aliphatic carbocycles. The molecule has 0 saturated carbocycles. The third-order valence-corrected chi connectivity index (χ3v) is 9.27. The predicted molar refractivity (Wildman–Crippen MR) is 182 cm³/mol. The first-order valence-electron chi connectivity index (χ1n) is 16.5. The van der Waals surface area contributed by atoms with E-state index in [1.165, 1.54) is 0 Å². The van der Waals surface area contributed by atoms with Gasteiger partial charge < -0.3 is 19.9 Å². The van der Waals surface area contributed by atoms with E-state index in [9.17, 15) is 9.90 Å². The van der Waals surface area contributed by atoms with Crippen LogP contribution in [0.2, 0.25) is 0 Å². The number of aromatic nitrogens is 2. The highest BCUT2D eigenvalue weighted by Crippen LogP contribution is 2.34. The van der Waals surface area contributed by atoms with E-state index in [0.29, 0.717) is 19.0 Å². The molecule has 0 radical (unpaired) electrons. The zero-order valence-electron chi connectivity index (χ0n) is 27.0. The van der Waals surface area contributed by atoms with Gasteiger partial charge in [0.25, 0.3) is 0 Å². The van der Waals surface area contributed by atoms with Crippen LogP contribution in [-0.4, -0.2) is 82.9 Å². The van der Waals surface area contributed by atoms with Crippen molar-refractivity contribution in [2.45, 2.75) is 58.5 Å². The second kappa shape index (κ2) is 15.0. The molecule has 0 bridgehead atoms. The summed E-state index contributed by atoms with van der Waals surface area (Å²) in [6.45, 7) is 11.2. The van der Waals surface area contributed by atoms with E-state index in [1.54, 1.807) is 0 Å². The van der Waals surface area contributed by atoms with Gasteiger partial charge in [0.05, 0.1) is 26.2 Å². The van der Waals surface area contributed by atoms with Crippen LogP contribution in [0.1, 0.15) is 48.8 Å². The van der Waals surface area contributed by atoms with Crippen molar-refractivity contribution in [2.75, 3.05) is 51.3 Å². The van der Waals surface area contributed by atoms with Gasteiger partial charge in [-0.15, -0.1) is 0 Å². The Balaban J connectivity index is 1.15. The number of benzene rings is 2. The quantitative estimate of drug-likeness (QED) is 0.169. The van der Waals surface area contributed by atoms with Crippen molar-refractivity contribution < 1.29 is 19.4 Å². The summed E-state index contributed by atoms with van der Waals surface area (Å²) in [5.41, 5.74) is 7.36. The number of carboxylic acid groups (broad SMARTS) is 1. The molecule has 46 heavy (non-hydrogen) atoms. The topological polar surface area (TPSA) is 100 Å². The zero-order chi connectivity index (χ0) is 31.9. The van der Waals surface area contributed by atoms with Gasteiger partial charge in [-0.25, -0.2) is 4.98 Å². The number of morpholine rings is 1. The highest BCUT2D eigenvalue weighted by molar-refractivity contribution is 5.91. The van der Waals surface area contributed by atoms with Crippen molar-refractivity contribution in [1.82, 2.24) is 19.8 Å². The lowest BCUT2D eigenvalue weighted by molar-refractivity contribution is -0.138. The normalized spacial score (nSPS) is 17.7. The lowest BCUT2D eigenvalue weighted by Crippen LogP contribution is -2.40. The van der Waals surface area contributed by atoms with E-state index >= 15 is 0 Å². The Labute approximate surface area is 271 Å². The Morgan fingerprint density at radius 3 is 2.78 bits per heavy atom. The summed E-state index contributed by atoms with van der Waals surface area (Å²) in [5.74, 6) is 0.895. The number of anilines is 2. The SMILES string of the molecule is Cc1ccc(-c2cccc(Nc3nccc4cc(CN5CCCCC5CC(=O)O)cnc34)c2C)cc1OCCCN1CCOCC1. The molecule has 2 aromatic heterocycles. The van der Waals surface area contributed by atoms with Crippen molar-refractivity contribution in [3.05, 3.63) is 77.6 Å². The molecule has 2 fully saturated rings. The summed E-state index contributed by atoms with van der Waals surface area (Å²) in [6.07, 6.45) is 7.99. The predicted octanol–water partition coefficient (Wildman–Crippen LogP) is 6.59. The number of aryl methyl sites for hydroxylation is 1. The molecule has 9 nitrogen and oxygen atoms in total. The van der Waals surface area contributed by atoms with Crippen molar-refractivity contribution in [2.24, 2.45) is 0 Å². The molecule has 1 unspecified atom stereocenters. The van der Waals surface area contributed by atoms with Crippen LogP contribution in [-0.2, 0) is 16.1 Å². The van der Waals surface area contributed by atoms with Gasteiger partial charge in [-0.05, 0) is 91.7 Å². The summed E-state index contributed by atoms with van der Waals surface area (Å²) >= 11 is 0. The molecule has 2 aromatic carbocycles. The number of nitrogens with zero attached hydrogens (tertiary/aromatic N) is 4. The standard InChI is InChI=1S/C37H45N5O4/c1-26-10-11-29(22-34(26)46-18-6-14-41-16-19-45-20-17-41)32-8-5-9-33(27(32)2)40-37-36-30(12-13-38-37)21-28(24-39-36)25-42-15-4-3-7-31(42)23-35(43)44/h5,8-13,21-22,24,31H,3-4,6-7,14-20,23,25H2,1-2H3,(H,38,40)(H,43,44). The number of likely N-dealkylation sites (tertiary alicyclic amines) is 1. The number of nitrogens with one attached hydrogen (secondary N) is 1. The number of carboxylic acids is 1. The second-order valence-corrected chi connectivity index (χ2v) is 12.5. The number of hydrogen-bond donors (Lipinski definition) is 2. The first-order valence-corrected chi connectivity index (χ1v) is 16.5. The van der Waals surface area contributed by atoms with Crippen molar-refractivity contribution in [3.8, 4) is 16.9 Å². The first kappa shape index (κ1) is 31.9. The van der Waals surface area contributed by atoms with Crippen LogP contribution in [0.3, 0.4) is 0 Å². The fourth-order valence-corrected chi connectivity index (χ4v) is 6.65. The van der Waals surface area contributed by atoms with E-state index in [-0.39, 0.29) is 12.5 Å². The molecule has 4 heterocycles. The summed E-state index contributed by atoms with van der Waals surface area (Å²) < 4.78 is 11.7. The number of pyridine rings is 2. The molecule has 1 atom stereocenters. The molecular formula is C37H45N5O4. The van der Waals surface area contributed by atoms with Crippen LogP contribution in [0.5, 0.6) is 5.75 Å². The highest BCUT2D eigenvalue weighted by atomic mass is 16.5. The molecule has 0 spiro atoms. The molecule has 4 aromatic rings. The molecular weight excluding hydrogens is 578 g/mol. The number of carbonyl (C=O) groups is 1. The van der Waals surface area contributed by atoms with Crippen molar-refractivity contribution >= 4 is 28.4 Å². The number of hydrogen-bond acceptors (Lipinski definition) is 8. The minimum Gasteiger partial charge on any atom is -0.493 e. The molecule has 242 valence electrons. The Bertz CT molecular complexity index is 1650. The van der Waals surface area contributed by atoms with E-state index < -0.39 is 5.97 Å². The van der Waals surface area contributed by atoms with E-state index in [1.807, 2.05) is 18.5 Å². The fourth-order valence-electron chi connectivity index (χ4n) is 6.65. The fraction of sp³-hybridized carbons (Fsp3) is 0.432. The lowest BCUT2D eigenvalue weighted by Gasteiger charge is -2.34. The Morgan fingerprint density at radius 1 is 1.07 bits per heavy atom. The zero-order valence-corrected chi connectivity index (χ0v) is 27.0. The molecule has 2 aliphatic heterocycles. The monoisotopic (exact) mass is 623 g/mol. The van der Waals surface area contributed by atoms with Gasteiger partial charge in [-0.3, -0.25) is 19.6 Å². The third kappa shape index (κ3) is 7.84. The minimum absolute atomic E-state index is 0.0726.